The van der Waals surface area contributed by atoms with Gasteiger partial charge in [0.25, 0.3) is 0 Å². The maximum Gasteiger partial charge on any atom is 0.144 e. The number of thiocarbonyl (C=S) groups is 1. The molecule has 0 aromatic heterocycles. The smallest absolute Gasteiger partial charge is 0.144 e. The van der Waals surface area contributed by atoms with Crippen LogP contribution in [0.2, 0.25) is 0 Å². The average molecular weight is 337 g/mol. The Hall–Kier alpha value is -0.590. The molecule has 0 saturated heterocycles. The largest absolute Gasteiger partial charge is 0.392 e. The van der Waals surface area contributed by atoms with Crippen molar-refractivity contribution in [2.75, 3.05) is 13.1 Å². The van der Waals surface area contributed by atoms with Gasteiger partial charge in [0, 0.05) is 18.7 Å². The van der Waals surface area contributed by atoms with Crippen molar-refractivity contribution in [2.45, 2.75) is 19.9 Å². The van der Waals surface area contributed by atoms with Crippen LogP contribution in [0.1, 0.15) is 18.9 Å². The van der Waals surface area contributed by atoms with E-state index in [-0.39, 0.29) is 16.6 Å². The molecule has 0 heterocycles. The lowest BCUT2D eigenvalue weighted by molar-refractivity contribution is 0.293. The van der Waals surface area contributed by atoms with Crippen molar-refractivity contribution in [3.8, 4) is 0 Å². The molecule has 0 atom stereocenters. The van der Waals surface area contributed by atoms with E-state index in [4.69, 9.17) is 18.0 Å². The number of nitrogens with zero attached hydrogens (tertiary/aromatic N) is 1. The van der Waals surface area contributed by atoms with Crippen LogP contribution in [-0.2, 0) is 6.54 Å². The maximum absolute atomic E-state index is 13.8. The zero-order valence-corrected chi connectivity index (χ0v) is 12.5. The number of nitrogens with two attached hydrogens (primary N) is 1. The third kappa shape index (κ3) is 4.26. The van der Waals surface area contributed by atoms with Gasteiger partial charge in [0.1, 0.15) is 11.6 Å². The van der Waals surface area contributed by atoms with Gasteiger partial charge in [-0.2, -0.15) is 0 Å². The van der Waals surface area contributed by atoms with E-state index in [1.807, 2.05) is 11.8 Å². The number of hydrogen-bond donors (Lipinski definition) is 1. The Balaban J connectivity index is 2.92. The maximum atomic E-state index is 13.8. The first-order chi connectivity index (χ1) is 8.45. The van der Waals surface area contributed by atoms with Crippen LogP contribution in [0.25, 0.3) is 0 Å². The third-order valence-corrected chi connectivity index (χ3v) is 3.18. The third-order valence-electron chi connectivity index (χ3n) is 2.44. The van der Waals surface area contributed by atoms with Gasteiger partial charge in [-0.05, 0) is 41.0 Å². The summed E-state index contributed by atoms with van der Waals surface area (Å²) in [4.78, 5) is 2.15. The first-order valence-corrected chi connectivity index (χ1v) is 6.78. The second-order valence-corrected chi connectivity index (χ2v) is 5.38. The SMILES string of the molecule is CCCN(CC(N)=S)Cc1c(F)ccc(Br)c1F. The van der Waals surface area contributed by atoms with Crippen molar-refractivity contribution in [1.82, 2.24) is 4.90 Å². The van der Waals surface area contributed by atoms with Gasteiger partial charge < -0.3 is 5.73 Å². The van der Waals surface area contributed by atoms with Crippen molar-refractivity contribution in [3.05, 3.63) is 33.8 Å². The van der Waals surface area contributed by atoms with Gasteiger partial charge in [-0.25, -0.2) is 8.78 Å². The van der Waals surface area contributed by atoms with Gasteiger partial charge in [-0.3, -0.25) is 4.90 Å². The minimum absolute atomic E-state index is 0.0362. The van der Waals surface area contributed by atoms with Crippen molar-refractivity contribution >= 4 is 33.1 Å². The molecule has 1 aromatic carbocycles. The van der Waals surface area contributed by atoms with Gasteiger partial charge >= 0.3 is 0 Å². The number of hydrogen-bond acceptors (Lipinski definition) is 2. The molecule has 1 rings (SSSR count). The molecular formula is C12H15BrF2N2S. The van der Waals surface area contributed by atoms with Crippen LogP contribution in [0.4, 0.5) is 8.78 Å². The standard InChI is InChI=1S/C12H15BrF2N2S/c1-2-5-17(7-11(16)18)6-8-10(14)4-3-9(13)12(8)15/h3-4H,2,5-7H2,1H3,(H2,16,18). The topological polar surface area (TPSA) is 29.3 Å². The van der Waals surface area contributed by atoms with E-state index < -0.39 is 11.6 Å². The Labute approximate surface area is 119 Å². The quantitative estimate of drug-likeness (QED) is 0.638. The van der Waals surface area contributed by atoms with E-state index in [2.05, 4.69) is 15.9 Å². The molecule has 0 spiro atoms. The van der Waals surface area contributed by atoms with Crippen molar-refractivity contribution in [3.63, 3.8) is 0 Å². The summed E-state index contributed by atoms with van der Waals surface area (Å²) in [6, 6.07) is 2.60. The van der Waals surface area contributed by atoms with E-state index in [1.54, 1.807) is 0 Å². The highest BCUT2D eigenvalue weighted by molar-refractivity contribution is 9.10. The number of rotatable bonds is 6. The minimum atomic E-state index is -0.570. The molecule has 6 heteroatoms. The van der Waals surface area contributed by atoms with Crippen molar-refractivity contribution in [1.29, 1.82) is 0 Å². The molecule has 2 nitrogen and oxygen atoms in total. The summed E-state index contributed by atoms with van der Waals surface area (Å²) < 4.78 is 27.7. The Morgan fingerprint density at radius 2 is 2.11 bits per heavy atom. The molecule has 0 fully saturated rings. The number of benzene rings is 1. The van der Waals surface area contributed by atoms with Crippen LogP contribution in [-0.4, -0.2) is 23.0 Å². The molecule has 18 heavy (non-hydrogen) atoms. The van der Waals surface area contributed by atoms with Crippen LogP contribution in [0, 0.1) is 11.6 Å². The lowest BCUT2D eigenvalue weighted by Crippen LogP contribution is -2.33. The summed E-state index contributed by atoms with van der Waals surface area (Å²) in [6.45, 7) is 3.18. The highest BCUT2D eigenvalue weighted by atomic mass is 79.9. The molecule has 0 bridgehead atoms. The summed E-state index contributed by atoms with van der Waals surface area (Å²) in [5.41, 5.74) is 5.51. The van der Waals surface area contributed by atoms with Gasteiger partial charge in [-0.15, -0.1) is 0 Å². The fourth-order valence-corrected chi connectivity index (χ4v) is 2.24. The monoisotopic (exact) mass is 336 g/mol. The fourth-order valence-electron chi connectivity index (χ4n) is 1.69. The molecule has 0 aliphatic carbocycles. The predicted molar refractivity (Wildman–Crippen MR) is 76.4 cm³/mol. The summed E-state index contributed by atoms with van der Waals surface area (Å²) in [5.74, 6) is -1.13. The highest BCUT2D eigenvalue weighted by Gasteiger charge is 2.16. The molecule has 0 aliphatic heterocycles. The second-order valence-electron chi connectivity index (χ2n) is 4.00. The molecule has 1 aromatic rings. The summed E-state index contributed by atoms with van der Waals surface area (Å²) in [7, 11) is 0. The van der Waals surface area contributed by atoms with Gasteiger partial charge in [0.05, 0.1) is 9.46 Å². The van der Waals surface area contributed by atoms with E-state index in [9.17, 15) is 8.78 Å². The van der Waals surface area contributed by atoms with Crippen LogP contribution < -0.4 is 5.73 Å². The van der Waals surface area contributed by atoms with Gasteiger partial charge in [0.2, 0.25) is 0 Å². The normalized spacial score (nSPS) is 10.9. The second kappa shape index (κ2) is 7.11. The lowest BCUT2D eigenvalue weighted by Gasteiger charge is -2.21. The zero-order valence-electron chi connectivity index (χ0n) is 10.0. The summed E-state index contributed by atoms with van der Waals surface area (Å²) in [5, 5.41) is 0. The average Bonchev–Trinajstić information content (AvgIpc) is 2.29. The lowest BCUT2D eigenvalue weighted by atomic mass is 10.2. The van der Waals surface area contributed by atoms with E-state index in [1.165, 1.54) is 12.1 Å². The van der Waals surface area contributed by atoms with E-state index in [0.29, 0.717) is 18.1 Å². The van der Waals surface area contributed by atoms with Crippen molar-refractivity contribution in [2.24, 2.45) is 5.73 Å². The fraction of sp³-hybridized carbons (Fsp3) is 0.417. The summed E-state index contributed by atoms with van der Waals surface area (Å²) in [6.07, 6.45) is 0.861. The Morgan fingerprint density at radius 3 is 2.67 bits per heavy atom. The van der Waals surface area contributed by atoms with E-state index in [0.717, 1.165) is 6.42 Å². The number of halogens is 3. The Bertz CT molecular complexity index is 440. The first-order valence-electron chi connectivity index (χ1n) is 5.58. The molecular weight excluding hydrogens is 322 g/mol. The Kier molecular flexibility index (Phi) is 6.11. The molecule has 0 radical (unpaired) electrons. The molecule has 0 amide bonds. The molecule has 0 unspecified atom stereocenters. The van der Waals surface area contributed by atoms with Crippen LogP contribution in [0.15, 0.2) is 16.6 Å². The van der Waals surface area contributed by atoms with Crippen molar-refractivity contribution < 1.29 is 8.78 Å². The predicted octanol–water partition coefficient (Wildman–Crippen LogP) is 3.23. The molecule has 0 saturated carbocycles. The minimum Gasteiger partial charge on any atom is -0.392 e. The molecule has 0 aliphatic rings. The van der Waals surface area contributed by atoms with Crippen LogP contribution in [0.5, 0.6) is 0 Å². The summed E-state index contributed by atoms with van der Waals surface area (Å²) >= 11 is 7.88. The van der Waals surface area contributed by atoms with Crippen LogP contribution in [0.3, 0.4) is 0 Å². The first kappa shape index (κ1) is 15.5. The van der Waals surface area contributed by atoms with Crippen LogP contribution >= 0.6 is 28.1 Å². The highest BCUT2D eigenvalue weighted by Crippen LogP contribution is 2.22. The molecule has 2 N–H and O–H groups in total. The Morgan fingerprint density at radius 1 is 1.44 bits per heavy atom. The molecule has 100 valence electrons. The van der Waals surface area contributed by atoms with Gasteiger partial charge in [0.15, 0.2) is 0 Å². The van der Waals surface area contributed by atoms with Gasteiger partial charge in [-0.1, -0.05) is 19.1 Å². The zero-order chi connectivity index (χ0) is 13.7. The van der Waals surface area contributed by atoms with E-state index >= 15 is 0 Å².